The van der Waals surface area contributed by atoms with Gasteiger partial charge < -0.3 is 10.5 Å². The fourth-order valence-corrected chi connectivity index (χ4v) is 1.61. The van der Waals surface area contributed by atoms with Gasteiger partial charge in [0.2, 0.25) is 0 Å². The molecule has 0 amide bonds. The van der Waals surface area contributed by atoms with Crippen LogP contribution in [0, 0.1) is 6.92 Å². The van der Waals surface area contributed by atoms with Crippen LogP contribution in [-0.4, -0.2) is 22.1 Å². The van der Waals surface area contributed by atoms with Gasteiger partial charge in [-0.1, -0.05) is 0 Å². The lowest BCUT2D eigenvalue weighted by molar-refractivity contribution is 0.178. The summed E-state index contributed by atoms with van der Waals surface area (Å²) >= 11 is 0. The van der Waals surface area contributed by atoms with Crippen LogP contribution < -0.4 is 5.73 Å². The van der Waals surface area contributed by atoms with E-state index in [4.69, 9.17) is 10.5 Å². The van der Waals surface area contributed by atoms with Crippen molar-refractivity contribution < 1.29 is 4.74 Å². The molecule has 0 aliphatic heterocycles. The Morgan fingerprint density at radius 2 is 2.18 bits per heavy atom. The van der Waals surface area contributed by atoms with Gasteiger partial charge in [-0.3, -0.25) is 4.98 Å². The highest BCUT2D eigenvalue weighted by molar-refractivity contribution is 5.64. The van der Waals surface area contributed by atoms with Gasteiger partial charge in [0.05, 0.1) is 5.69 Å². The number of hydrogen-bond donors (Lipinski definition) is 1. The predicted molar refractivity (Wildman–Crippen MR) is 65.1 cm³/mol. The summed E-state index contributed by atoms with van der Waals surface area (Å²) in [7, 11) is 1.60. The Morgan fingerprint density at radius 1 is 1.35 bits per heavy atom. The third-order valence-corrected chi connectivity index (χ3v) is 2.36. The Balaban J connectivity index is 2.48. The van der Waals surface area contributed by atoms with E-state index in [1.807, 2.05) is 13.0 Å². The Morgan fingerprint density at radius 3 is 2.88 bits per heavy atom. The van der Waals surface area contributed by atoms with E-state index in [1.54, 1.807) is 25.6 Å². The molecule has 2 aromatic rings. The highest BCUT2D eigenvalue weighted by Gasteiger charge is 2.07. The fourth-order valence-electron chi connectivity index (χ4n) is 1.61. The first-order valence-electron chi connectivity index (χ1n) is 5.24. The molecule has 0 saturated heterocycles. The van der Waals surface area contributed by atoms with Gasteiger partial charge in [0.15, 0.2) is 5.82 Å². The summed E-state index contributed by atoms with van der Waals surface area (Å²) in [5.41, 5.74) is 8.61. The molecule has 5 heteroatoms. The van der Waals surface area contributed by atoms with Crippen molar-refractivity contribution >= 4 is 5.82 Å². The first-order chi connectivity index (χ1) is 8.20. The van der Waals surface area contributed by atoms with Crippen LogP contribution in [0.5, 0.6) is 0 Å². The third kappa shape index (κ3) is 2.57. The lowest BCUT2D eigenvalue weighted by Gasteiger charge is -2.07. The molecule has 0 aliphatic rings. The molecule has 0 unspecified atom stereocenters. The summed E-state index contributed by atoms with van der Waals surface area (Å²) in [4.78, 5) is 12.6. The van der Waals surface area contributed by atoms with E-state index >= 15 is 0 Å². The average molecular weight is 230 g/mol. The molecule has 0 fully saturated rings. The highest BCUT2D eigenvalue weighted by atomic mass is 16.5. The number of ether oxygens (including phenoxy) is 1. The predicted octanol–water partition coefficient (Wildman–Crippen LogP) is 1.58. The van der Waals surface area contributed by atoms with Crippen LogP contribution >= 0.6 is 0 Å². The molecular formula is C12H14N4O. The standard InChI is InChI=1S/C12H14N4O/c1-8-6-14-4-3-9(8)10-5-11(13)16-12(15-10)7-17-2/h3-6H,7H2,1-2H3,(H2,13,15,16). The van der Waals surface area contributed by atoms with Gasteiger partial charge in [0, 0.05) is 31.1 Å². The second-order valence-corrected chi connectivity index (χ2v) is 3.72. The van der Waals surface area contributed by atoms with Crippen molar-refractivity contribution in [2.75, 3.05) is 12.8 Å². The van der Waals surface area contributed by atoms with Gasteiger partial charge >= 0.3 is 0 Å². The van der Waals surface area contributed by atoms with Crippen molar-refractivity contribution in [2.45, 2.75) is 13.5 Å². The summed E-state index contributed by atoms with van der Waals surface area (Å²) in [5.74, 6) is 1.02. The van der Waals surface area contributed by atoms with Crippen molar-refractivity contribution in [1.82, 2.24) is 15.0 Å². The summed E-state index contributed by atoms with van der Waals surface area (Å²) in [6, 6.07) is 3.66. The zero-order valence-electron chi connectivity index (χ0n) is 9.84. The van der Waals surface area contributed by atoms with Crippen LogP contribution in [0.25, 0.3) is 11.3 Å². The molecule has 88 valence electrons. The molecule has 0 aromatic carbocycles. The number of pyridine rings is 1. The lowest BCUT2D eigenvalue weighted by atomic mass is 10.1. The Labute approximate surface area is 99.7 Å². The largest absolute Gasteiger partial charge is 0.384 e. The smallest absolute Gasteiger partial charge is 0.157 e. The van der Waals surface area contributed by atoms with E-state index in [9.17, 15) is 0 Å². The number of nitrogens with zero attached hydrogens (tertiary/aromatic N) is 3. The van der Waals surface area contributed by atoms with Crippen LogP contribution in [0.2, 0.25) is 0 Å². The number of nitrogens with two attached hydrogens (primary N) is 1. The zero-order valence-corrected chi connectivity index (χ0v) is 9.84. The van der Waals surface area contributed by atoms with Crippen molar-refractivity contribution in [3.63, 3.8) is 0 Å². The second-order valence-electron chi connectivity index (χ2n) is 3.72. The van der Waals surface area contributed by atoms with Crippen molar-refractivity contribution in [2.24, 2.45) is 0 Å². The number of aromatic nitrogens is 3. The van der Waals surface area contributed by atoms with Gasteiger partial charge in [0.25, 0.3) is 0 Å². The third-order valence-electron chi connectivity index (χ3n) is 2.36. The molecular weight excluding hydrogens is 216 g/mol. The van der Waals surface area contributed by atoms with Gasteiger partial charge in [-0.25, -0.2) is 9.97 Å². The molecule has 0 aliphatic carbocycles. The van der Waals surface area contributed by atoms with E-state index in [0.717, 1.165) is 16.8 Å². The maximum Gasteiger partial charge on any atom is 0.157 e. The Kier molecular flexibility index (Phi) is 3.30. The lowest BCUT2D eigenvalue weighted by Crippen LogP contribution is -2.02. The van der Waals surface area contributed by atoms with E-state index in [-0.39, 0.29) is 0 Å². The number of nitrogen functional groups attached to an aromatic ring is 1. The number of methoxy groups -OCH3 is 1. The van der Waals surface area contributed by atoms with Crippen LogP contribution in [0.15, 0.2) is 24.5 Å². The molecule has 0 bridgehead atoms. The Bertz CT molecular complexity index is 528. The normalized spacial score (nSPS) is 10.5. The minimum atomic E-state index is 0.349. The van der Waals surface area contributed by atoms with Crippen LogP contribution in [0.3, 0.4) is 0 Å². The summed E-state index contributed by atoms with van der Waals surface area (Å²) in [6.07, 6.45) is 3.53. The van der Waals surface area contributed by atoms with E-state index in [1.165, 1.54) is 0 Å². The number of anilines is 1. The van der Waals surface area contributed by atoms with E-state index in [0.29, 0.717) is 18.2 Å². The quantitative estimate of drug-likeness (QED) is 0.866. The highest BCUT2D eigenvalue weighted by Crippen LogP contribution is 2.21. The number of rotatable bonds is 3. The molecule has 0 atom stereocenters. The topological polar surface area (TPSA) is 73.9 Å². The fraction of sp³-hybridized carbons (Fsp3) is 0.250. The van der Waals surface area contributed by atoms with Gasteiger partial charge in [-0.2, -0.15) is 0 Å². The first-order valence-corrected chi connectivity index (χ1v) is 5.24. The molecule has 2 aromatic heterocycles. The molecule has 2 heterocycles. The van der Waals surface area contributed by atoms with E-state index in [2.05, 4.69) is 15.0 Å². The first kappa shape index (κ1) is 11.5. The molecule has 2 rings (SSSR count). The summed E-state index contributed by atoms with van der Waals surface area (Å²) < 4.78 is 5.01. The van der Waals surface area contributed by atoms with E-state index < -0.39 is 0 Å². The molecule has 0 saturated carbocycles. The number of aryl methyl sites for hydroxylation is 1. The monoisotopic (exact) mass is 230 g/mol. The SMILES string of the molecule is COCc1nc(N)cc(-c2ccncc2C)n1. The van der Waals surface area contributed by atoms with Gasteiger partial charge in [0.1, 0.15) is 12.4 Å². The zero-order chi connectivity index (χ0) is 12.3. The number of hydrogen-bond acceptors (Lipinski definition) is 5. The van der Waals surface area contributed by atoms with Crippen LogP contribution in [-0.2, 0) is 11.3 Å². The molecule has 2 N–H and O–H groups in total. The average Bonchev–Trinajstić information content (AvgIpc) is 2.29. The Hall–Kier alpha value is -2.01. The second kappa shape index (κ2) is 4.88. The molecule has 0 spiro atoms. The minimum Gasteiger partial charge on any atom is -0.384 e. The molecule has 0 radical (unpaired) electrons. The van der Waals surface area contributed by atoms with Crippen molar-refractivity contribution in [1.29, 1.82) is 0 Å². The summed E-state index contributed by atoms with van der Waals surface area (Å²) in [6.45, 7) is 2.33. The minimum absolute atomic E-state index is 0.349. The van der Waals surface area contributed by atoms with Crippen LogP contribution in [0.4, 0.5) is 5.82 Å². The molecule has 17 heavy (non-hydrogen) atoms. The van der Waals surface area contributed by atoms with Crippen molar-refractivity contribution in [3.05, 3.63) is 35.9 Å². The van der Waals surface area contributed by atoms with Gasteiger partial charge in [-0.05, 0) is 18.6 Å². The maximum atomic E-state index is 5.75. The van der Waals surface area contributed by atoms with Crippen molar-refractivity contribution in [3.8, 4) is 11.3 Å². The maximum absolute atomic E-state index is 5.75. The summed E-state index contributed by atoms with van der Waals surface area (Å²) in [5, 5.41) is 0. The molecule has 5 nitrogen and oxygen atoms in total. The van der Waals surface area contributed by atoms with Gasteiger partial charge in [-0.15, -0.1) is 0 Å². The van der Waals surface area contributed by atoms with Crippen LogP contribution in [0.1, 0.15) is 11.4 Å².